The molecule has 1 heterocycles. The summed E-state index contributed by atoms with van der Waals surface area (Å²) in [5.74, 6) is 0.0874. The maximum atomic E-state index is 11.1. The Kier molecular flexibility index (Phi) is 3.09. The Balaban J connectivity index is 2.90. The highest BCUT2D eigenvalue weighted by Gasteiger charge is 2.09. The van der Waals surface area contributed by atoms with E-state index in [-0.39, 0.29) is 5.91 Å². The van der Waals surface area contributed by atoms with Crippen LogP contribution in [0.5, 0.6) is 0 Å². The molecule has 1 aromatic heterocycles. The van der Waals surface area contributed by atoms with Crippen molar-refractivity contribution in [1.29, 1.82) is 0 Å². The summed E-state index contributed by atoms with van der Waals surface area (Å²) in [6, 6.07) is 0. The molecule has 0 aliphatic rings. The van der Waals surface area contributed by atoms with Gasteiger partial charge < -0.3 is 5.32 Å². The van der Waals surface area contributed by atoms with Crippen molar-refractivity contribution in [1.82, 2.24) is 0 Å². The first-order valence-corrected chi connectivity index (χ1v) is 5.24. The molecule has 0 atom stereocenters. The number of hydrogen-bond acceptors (Lipinski definition) is 2. The van der Waals surface area contributed by atoms with E-state index < -0.39 is 0 Å². The van der Waals surface area contributed by atoms with Crippen LogP contribution in [0.3, 0.4) is 0 Å². The van der Waals surface area contributed by atoms with E-state index in [2.05, 4.69) is 19.2 Å². The Labute approximate surface area is 83.0 Å². The number of carbonyl (C=O) groups is 1. The van der Waals surface area contributed by atoms with Crippen molar-refractivity contribution in [2.45, 2.75) is 34.1 Å². The molecular formula is C10H15NOS. The third kappa shape index (κ3) is 2.10. The molecule has 3 heteroatoms. The first kappa shape index (κ1) is 10.3. The molecule has 0 fully saturated rings. The van der Waals surface area contributed by atoms with Crippen LogP contribution in [0.4, 0.5) is 5.00 Å². The molecule has 0 radical (unpaired) electrons. The van der Waals surface area contributed by atoms with E-state index in [1.807, 2.05) is 13.8 Å². The fourth-order valence-corrected chi connectivity index (χ4v) is 2.16. The van der Waals surface area contributed by atoms with Crippen molar-refractivity contribution in [3.8, 4) is 0 Å². The molecule has 0 aliphatic heterocycles. The van der Waals surface area contributed by atoms with E-state index in [0.717, 1.165) is 5.00 Å². The highest BCUT2D eigenvalue weighted by molar-refractivity contribution is 7.16. The molecule has 2 nitrogen and oxygen atoms in total. The van der Waals surface area contributed by atoms with E-state index in [1.54, 1.807) is 11.3 Å². The van der Waals surface area contributed by atoms with Gasteiger partial charge in [-0.15, -0.1) is 11.3 Å². The van der Waals surface area contributed by atoms with Gasteiger partial charge >= 0.3 is 0 Å². The Morgan fingerprint density at radius 1 is 1.31 bits per heavy atom. The molecule has 72 valence electrons. The average Bonchev–Trinajstić information content (AvgIpc) is 2.34. The summed E-state index contributed by atoms with van der Waals surface area (Å²) in [5.41, 5.74) is 2.49. The number of thiophene rings is 1. The number of aryl methyl sites for hydroxylation is 1. The minimum Gasteiger partial charge on any atom is -0.317 e. The molecule has 1 aromatic rings. The van der Waals surface area contributed by atoms with Crippen LogP contribution >= 0.6 is 11.3 Å². The molecule has 0 spiro atoms. The Bertz CT molecular complexity index is 328. The lowest BCUT2D eigenvalue weighted by molar-refractivity contribution is -0.115. The summed E-state index contributed by atoms with van der Waals surface area (Å²) in [5, 5.41) is 3.90. The summed E-state index contributed by atoms with van der Waals surface area (Å²) in [4.78, 5) is 12.4. The maximum Gasteiger partial charge on any atom is 0.224 e. The van der Waals surface area contributed by atoms with E-state index >= 15 is 0 Å². The lowest BCUT2D eigenvalue weighted by Crippen LogP contribution is -2.08. The first-order chi connectivity index (χ1) is 6.06. The molecule has 0 saturated carbocycles. The van der Waals surface area contributed by atoms with Gasteiger partial charge in [0.15, 0.2) is 0 Å². The van der Waals surface area contributed by atoms with Gasteiger partial charge in [-0.25, -0.2) is 0 Å². The van der Waals surface area contributed by atoms with Crippen LogP contribution < -0.4 is 5.32 Å². The van der Waals surface area contributed by atoms with Gasteiger partial charge in [-0.1, -0.05) is 6.92 Å². The molecule has 0 saturated heterocycles. The molecule has 0 aliphatic carbocycles. The molecule has 0 aromatic carbocycles. The number of rotatable bonds is 2. The molecule has 1 N–H and O–H groups in total. The van der Waals surface area contributed by atoms with Crippen molar-refractivity contribution in [2.24, 2.45) is 0 Å². The molecule has 1 rings (SSSR count). The van der Waals surface area contributed by atoms with Crippen molar-refractivity contribution in [2.75, 3.05) is 5.32 Å². The highest BCUT2D eigenvalue weighted by atomic mass is 32.1. The maximum absolute atomic E-state index is 11.1. The van der Waals surface area contributed by atoms with E-state index in [9.17, 15) is 4.79 Å². The molecule has 1 amide bonds. The van der Waals surface area contributed by atoms with Gasteiger partial charge in [0.25, 0.3) is 0 Å². The SMILES string of the molecule is CCC(=O)Nc1sc(C)c(C)c1C. The van der Waals surface area contributed by atoms with E-state index in [0.29, 0.717) is 6.42 Å². The smallest absolute Gasteiger partial charge is 0.224 e. The standard InChI is InChI=1S/C10H15NOS/c1-5-9(12)11-10-7(3)6(2)8(4)13-10/h5H2,1-4H3,(H,11,12). The van der Waals surface area contributed by atoms with Gasteiger partial charge in [0, 0.05) is 11.3 Å². The minimum atomic E-state index is 0.0874. The van der Waals surface area contributed by atoms with Gasteiger partial charge in [0.2, 0.25) is 5.91 Å². The molecular weight excluding hydrogens is 182 g/mol. The van der Waals surface area contributed by atoms with Crippen molar-refractivity contribution in [3.05, 3.63) is 16.0 Å². The third-order valence-corrected chi connectivity index (χ3v) is 3.49. The van der Waals surface area contributed by atoms with Crippen molar-refractivity contribution >= 4 is 22.2 Å². The van der Waals surface area contributed by atoms with Gasteiger partial charge in [0.05, 0.1) is 5.00 Å². The Hall–Kier alpha value is -0.830. The van der Waals surface area contributed by atoms with Gasteiger partial charge in [-0.3, -0.25) is 4.79 Å². The summed E-state index contributed by atoms with van der Waals surface area (Å²) in [7, 11) is 0. The van der Waals surface area contributed by atoms with Crippen molar-refractivity contribution < 1.29 is 4.79 Å². The molecule has 0 unspecified atom stereocenters. The summed E-state index contributed by atoms with van der Waals surface area (Å²) in [6.45, 7) is 8.07. The van der Waals surface area contributed by atoms with Crippen LogP contribution in [0.15, 0.2) is 0 Å². The Morgan fingerprint density at radius 2 is 1.92 bits per heavy atom. The Morgan fingerprint density at radius 3 is 2.31 bits per heavy atom. The van der Waals surface area contributed by atoms with Crippen LogP contribution in [-0.2, 0) is 4.79 Å². The van der Waals surface area contributed by atoms with Gasteiger partial charge in [0.1, 0.15) is 0 Å². The second-order valence-electron chi connectivity index (χ2n) is 3.14. The highest BCUT2D eigenvalue weighted by Crippen LogP contribution is 2.31. The minimum absolute atomic E-state index is 0.0874. The second kappa shape index (κ2) is 3.92. The van der Waals surface area contributed by atoms with E-state index in [4.69, 9.17) is 0 Å². The number of amides is 1. The predicted molar refractivity (Wildman–Crippen MR) is 57.5 cm³/mol. The summed E-state index contributed by atoms with van der Waals surface area (Å²) < 4.78 is 0. The van der Waals surface area contributed by atoms with Crippen LogP contribution in [0, 0.1) is 20.8 Å². The number of carbonyl (C=O) groups excluding carboxylic acids is 1. The topological polar surface area (TPSA) is 29.1 Å². The zero-order valence-electron chi connectivity index (χ0n) is 8.52. The monoisotopic (exact) mass is 197 g/mol. The number of nitrogens with one attached hydrogen (secondary N) is 1. The fourth-order valence-electron chi connectivity index (χ4n) is 1.07. The second-order valence-corrected chi connectivity index (χ2v) is 4.36. The van der Waals surface area contributed by atoms with Crippen LogP contribution in [0.2, 0.25) is 0 Å². The molecule has 0 bridgehead atoms. The zero-order chi connectivity index (χ0) is 10.0. The largest absolute Gasteiger partial charge is 0.317 e. The fraction of sp³-hybridized carbons (Fsp3) is 0.500. The number of anilines is 1. The normalized spacial score (nSPS) is 10.2. The lowest BCUT2D eigenvalue weighted by Gasteiger charge is -2.00. The van der Waals surface area contributed by atoms with Gasteiger partial charge in [-0.05, 0) is 31.9 Å². The lowest BCUT2D eigenvalue weighted by atomic mass is 10.2. The first-order valence-electron chi connectivity index (χ1n) is 4.42. The van der Waals surface area contributed by atoms with Crippen molar-refractivity contribution in [3.63, 3.8) is 0 Å². The van der Waals surface area contributed by atoms with Crippen LogP contribution in [-0.4, -0.2) is 5.91 Å². The molecule has 13 heavy (non-hydrogen) atoms. The quantitative estimate of drug-likeness (QED) is 0.775. The summed E-state index contributed by atoms with van der Waals surface area (Å²) >= 11 is 1.65. The summed E-state index contributed by atoms with van der Waals surface area (Å²) in [6.07, 6.45) is 0.537. The van der Waals surface area contributed by atoms with E-state index in [1.165, 1.54) is 16.0 Å². The van der Waals surface area contributed by atoms with Gasteiger partial charge in [-0.2, -0.15) is 0 Å². The average molecular weight is 197 g/mol. The van der Waals surface area contributed by atoms with Crippen LogP contribution in [0.1, 0.15) is 29.3 Å². The predicted octanol–water partition coefficient (Wildman–Crippen LogP) is 3.02. The zero-order valence-corrected chi connectivity index (χ0v) is 9.34. The number of hydrogen-bond donors (Lipinski definition) is 1. The van der Waals surface area contributed by atoms with Crippen LogP contribution in [0.25, 0.3) is 0 Å². The third-order valence-electron chi connectivity index (χ3n) is 2.26.